The van der Waals surface area contributed by atoms with Gasteiger partial charge in [-0.1, -0.05) is 60.7 Å². The maximum atomic E-state index is 5.11. The normalized spacial score (nSPS) is 11.9. The standard InChI is InChI=1S/C46H36N6/c1-29-7-3-5-9-39(29)47-33-15-11-31(12-16-33)45-41-23-19-35(49-41)27-37-21-25-43(51-37)46(44-26-22-38(52-44)28-36-20-24-42(45)50-36)32-13-17-34(18-14-32)48-40-10-6-4-8-30(40)2/h3-28,47-50H,1-2H3. The quantitative estimate of drug-likeness (QED) is 0.142. The molecule has 9 rings (SSSR count). The van der Waals surface area contributed by atoms with Crippen LogP contribution in [-0.2, 0) is 0 Å². The molecule has 0 radical (unpaired) electrons. The number of aryl methyl sites for hydroxylation is 2. The van der Waals surface area contributed by atoms with Gasteiger partial charge in [-0.05, 0) is 133 Å². The van der Waals surface area contributed by atoms with E-state index in [0.717, 1.165) is 89.8 Å². The Morgan fingerprint density at radius 3 is 1.35 bits per heavy atom. The van der Waals surface area contributed by atoms with Crippen LogP contribution in [0.5, 0.6) is 0 Å². The Morgan fingerprint density at radius 1 is 0.442 bits per heavy atom. The number of aromatic nitrogens is 4. The molecule has 0 saturated carbocycles. The van der Waals surface area contributed by atoms with Crippen LogP contribution in [0.3, 0.4) is 0 Å². The molecule has 3 aromatic heterocycles. The lowest BCUT2D eigenvalue weighted by molar-refractivity contribution is 1.28. The van der Waals surface area contributed by atoms with E-state index in [0.29, 0.717) is 0 Å². The van der Waals surface area contributed by atoms with Crippen LogP contribution >= 0.6 is 0 Å². The van der Waals surface area contributed by atoms with Crippen molar-refractivity contribution in [3.8, 4) is 22.3 Å². The summed E-state index contributed by atoms with van der Waals surface area (Å²) in [6.45, 7) is 4.23. The summed E-state index contributed by atoms with van der Waals surface area (Å²) in [5, 5.41) is 7.11. The largest absolute Gasteiger partial charge is 0.355 e. The van der Waals surface area contributed by atoms with E-state index in [1.807, 2.05) is 6.07 Å². The first kappa shape index (κ1) is 31.1. The Balaban J connectivity index is 1.15. The predicted molar refractivity (Wildman–Crippen MR) is 219 cm³/mol. The molecule has 0 aliphatic carbocycles. The van der Waals surface area contributed by atoms with Crippen molar-refractivity contribution in [2.45, 2.75) is 13.8 Å². The van der Waals surface area contributed by atoms with Crippen molar-refractivity contribution in [2.24, 2.45) is 0 Å². The van der Waals surface area contributed by atoms with E-state index in [9.17, 15) is 0 Å². The van der Waals surface area contributed by atoms with Crippen molar-refractivity contribution in [3.05, 3.63) is 167 Å². The van der Waals surface area contributed by atoms with Gasteiger partial charge in [-0.3, -0.25) is 0 Å². The predicted octanol–water partition coefficient (Wildman–Crippen LogP) is 12.1. The summed E-state index contributed by atoms with van der Waals surface area (Å²) in [5.74, 6) is 0. The molecular formula is C46H36N6. The van der Waals surface area contributed by atoms with Crippen molar-refractivity contribution in [1.82, 2.24) is 19.9 Å². The van der Waals surface area contributed by atoms with E-state index in [2.05, 4.69) is 186 Å². The zero-order valence-corrected chi connectivity index (χ0v) is 28.9. The molecule has 6 nitrogen and oxygen atoms in total. The van der Waals surface area contributed by atoms with Crippen molar-refractivity contribution in [1.29, 1.82) is 0 Å². The topological polar surface area (TPSA) is 81.4 Å². The molecule has 4 aromatic carbocycles. The summed E-state index contributed by atoms with van der Waals surface area (Å²) >= 11 is 0. The van der Waals surface area contributed by atoms with Gasteiger partial charge in [0.2, 0.25) is 0 Å². The van der Waals surface area contributed by atoms with Crippen LogP contribution in [0.4, 0.5) is 22.7 Å². The smallest absolute Gasteiger partial charge is 0.0737 e. The van der Waals surface area contributed by atoms with Crippen molar-refractivity contribution in [3.63, 3.8) is 0 Å². The van der Waals surface area contributed by atoms with Crippen LogP contribution in [0.25, 0.3) is 68.6 Å². The lowest BCUT2D eigenvalue weighted by Gasteiger charge is -2.11. The fourth-order valence-corrected chi connectivity index (χ4v) is 6.86. The fraction of sp³-hybridized carbons (Fsp3) is 0.0435. The molecule has 0 fully saturated rings. The minimum Gasteiger partial charge on any atom is -0.355 e. The van der Waals surface area contributed by atoms with Gasteiger partial charge in [-0.15, -0.1) is 0 Å². The van der Waals surface area contributed by atoms with E-state index in [4.69, 9.17) is 9.97 Å². The Kier molecular flexibility index (Phi) is 7.82. The molecule has 0 unspecified atom stereocenters. The fourth-order valence-electron chi connectivity index (χ4n) is 6.86. The summed E-state index contributed by atoms with van der Waals surface area (Å²) in [5.41, 5.74) is 18.4. The highest BCUT2D eigenvalue weighted by atomic mass is 14.9. The van der Waals surface area contributed by atoms with E-state index in [1.165, 1.54) is 11.1 Å². The van der Waals surface area contributed by atoms with Gasteiger partial charge in [0.15, 0.2) is 0 Å². The van der Waals surface area contributed by atoms with Crippen LogP contribution in [0.2, 0.25) is 0 Å². The van der Waals surface area contributed by atoms with Gasteiger partial charge >= 0.3 is 0 Å². The average molecular weight is 673 g/mol. The van der Waals surface area contributed by atoms with Gasteiger partial charge < -0.3 is 20.6 Å². The number of fused-ring (bicyclic) bond motifs is 8. The molecule has 0 saturated heterocycles. The first-order valence-electron chi connectivity index (χ1n) is 17.5. The molecule has 8 bridgehead atoms. The minimum absolute atomic E-state index is 0.875. The monoisotopic (exact) mass is 672 g/mol. The average Bonchev–Trinajstić information content (AvgIpc) is 3.99. The lowest BCUT2D eigenvalue weighted by Crippen LogP contribution is -1.93. The van der Waals surface area contributed by atoms with Crippen LogP contribution in [-0.4, -0.2) is 19.9 Å². The molecule has 2 aliphatic rings. The number of hydrogen-bond donors (Lipinski definition) is 4. The highest BCUT2D eigenvalue weighted by molar-refractivity contribution is 5.95. The Labute approximate surface area is 302 Å². The van der Waals surface area contributed by atoms with Gasteiger partial charge in [0, 0.05) is 55.9 Å². The van der Waals surface area contributed by atoms with Crippen molar-refractivity contribution in [2.75, 3.05) is 10.6 Å². The molecular weight excluding hydrogens is 637 g/mol. The summed E-state index contributed by atoms with van der Waals surface area (Å²) in [7, 11) is 0. The molecule has 2 aliphatic heterocycles. The first-order chi connectivity index (χ1) is 25.5. The van der Waals surface area contributed by atoms with Crippen molar-refractivity contribution < 1.29 is 0 Å². The third-order valence-electron chi connectivity index (χ3n) is 9.59. The zero-order valence-electron chi connectivity index (χ0n) is 28.9. The Morgan fingerprint density at radius 2 is 0.885 bits per heavy atom. The van der Waals surface area contributed by atoms with Gasteiger partial charge in [0.1, 0.15) is 0 Å². The van der Waals surface area contributed by atoms with Crippen LogP contribution in [0.1, 0.15) is 33.9 Å². The van der Waals surface area contributed by atoms with Gasteiger partial charge in [-0.25, -0.2) is 9.97 Å². The second-order valence-electron chi connectivity index (χ2n) is 13.2. The highest BCUT2D eigenvalue weighted by Crippen LogP contribution is 2.34. The first-order valence-corrected chi connectivity index (χ1v) is 17.5. The summed E-state index contributed by atoms with van der Waals surface area (Å²) in [4.78, 5) is 17.6. The number of nitrogens with one attached hydrogen (secondary N) is 4. The van der Waals surface area contributed by atoms with Gasteiger partial charge in [0.25, 0.3) is 0 Å². The van der Waals surface area contributed by atoms with E-state index in [-0.39, 0.29) is 0 Å². The van der Waals surface area contributed by atoms with E-state index >= 15 is 0 Å². The molecule has 52 heavy (non-hydrogen) atoms. The summed E-state index contributed by atoms with van der Waals surface area (Å²) < 4.78 is 0. The van der Waals surface area contributed by atoms with E-state index in [1.54, 1.807) is 0 Å². The van der Waals surface area contributed by atoms with Gasteiger partial charge in [-0.2, -0.15) is 0 Å². The summed E-state index contributed by atoms with van der Waals surface area (Å²) in [6, 6.07) is 46.4. The number of aromatic amines is 2. The molecule has 5 heterocycles. The maximum absolute atomic E-state index is 5.11. The van der Waals surface area contributed by atoms with Crippen molar-refractivity contribution >= 4 is 69.1 Å². The Hall–Kier alpha value is -6.92. The number of rotatable bonds is 6. The number of H-pyrrole nitrogens is 2. The van der Waals surface area contributed by atoms with Crippen LogP contribution in [0, 0.1) is 13.8 Å². The molecule has 0 atom stereocenters. The van der Waals surface area contributed by atoms with Crippen LogP contribution < -0.4 is 10.6 Å². The number of nitrogens with zero attached hydrogens (tertiary/aromatic N) is 2. The molecule has 7 aromatic rings. The third-order valence-corrected chi connectivity index (χ3v) is 9.59. The van der Waals surface area contributed by atoms with Gasteiger partial charge in [0.05, 0.1) is 22.8 Å². The number of para-hydroxylation sites is 2. The number of anilines is 4. The molecule has 250 valence electrons. The second kappa shape index (κ2) is 13.1. The maximum Gasteiger partial charge on any atom is 0.0737 e. The Bertz CT molecular complexity index is 2600. The number of benzene rings is 4. The highest BCUT2D eigenvalue weighted by Gasteiger charge is 2.15. The van der Waals surface area contributed by atoms with E-state index < -0.39 is 0 Å². The van der Waals surface area contributed by atoms with Crippen LogP contribution in [0.15, 0.2) is 133 Å². The molecule has 0 amide bonds. The SMILES string of the molecule is Cc1ccccc1Nc1ccc(-c2c3nc(cc4ccc([nH]4)c(-c4ccc(Nc5ccccc5C)cc4)c4ccc(cc5nc2C=C5)[nH]4)C=C3)cc1. The summed E-state index contributed by atoms with van der Waals surface area (Å²) in [6.07, 6.45) is 8.31. The lowest BCUT2D eigenvalue weighted by atomic mass is 10.0. The third kappa shape index (κ3) is 6.18. The number of hydrogen-bond acceptors (Lipinski definition) is 4. The molecule has 4 N–H and O–H groups in total. The minimum atomic E-state index is 0.875. The zero-order chi connectivity index (χ0) is 35.0. The molecule has 6 heteroatoms. The second-order valence-corrected chi connectivity index (χ2v) is 13.2. The molecule has 0 spiro atoms.